The number of hydrogen-bond donors (Lipinski definition) is 1. The summed E-state index contributed by atoms with van der Waals surface area (Å²) in [5.41, 5.74) is 1.33. The molecule has 0 aliphatic rings. The van der Waals surface area contributed by atoms with E-state index >= 15 is 0 Å². The van der Waals surface area contributed by atoms with Crippen molar-refractivity contribution in [2.45, 2.75) is 0 Å². The van der Waals surface area contributed by atoms with Gasteiger partial charge >= 0.3 is 0 Å². The summed E-state index contributed by atoms with van der Waals surface area (Å²) in [7, 11) is 1.55. The predicted octanol–water partition coefficient (Wildman–Crippen LogP) is 4.97. The van der Waals surface area contributed by atoms with E-state index in [0.717, 1.165) is 0 Å². The van der Waals surface area contributed by atoms with Crippen LogP contribution >= 0.6 is 11.6 Å². The van der Waals surface area contributed by atoms with E-state index in [0.29, 0.717) is 33.2 Å². The van der Waals surface area contributed by atoms with Gasteiger partial charge in [0.15, 0.2) is 11.3 Å². The molecular weight excluding hydrogens is 390 g/mol. The number of para-hydroxylation sites is 2. The molecule has 0 fully saturated rings. The summed E-state index contributed by atoms with van der Waals surface area (Å²) in [5.74, 6) is 0.560. The van der Waals surface area contributed by atoms with Crippen molar-refractivity contribution < 1.29 is 13.9 Å². The molecule has 0 aliphatic heterocycles. The first kappa shape index (κ1) is 18.7. The lowest BCUT2D eigenvalue weighted by atomic mass is 10.1. The van der Waals surface area contributed by atoms with E-state index in [1.807, 2.05) is 12.1 Å². The van der Waals surface area contributed by atoms with Crippen LogP contribution < -0.4 is 15.6 Å². The average molecular weight is 406 g/mol. The Labute approximate surface area is 171 Å². The van der Waals surface area contributed by atoms with Gasteiger partial charge in [-0.3, -0.25) is 4.79 Å². The van der Waals surface area contributed by atoms with Gasteiger partial charge in [0.2, 0.25) is 5.55 Å². The summed E-state index contributed by atoms with van der Waals surface area (Å²) in [5, 5.41) is 3.90. The number of nitrogens with one attached hydrogen (secondary N) is 1. The van der Waals surface area contributed by atoms with Gasteiger partial charge in [-0.15, -0.1) is 0 Å². The molecule has 0 saturated heterocycles. The number of aromatic nitrogens is 1. The summed E-state index contributed by atoms with van der Waals surface area (Å²) >= 11 is 6.24. The van der Waals surface area contributed by atoms with E-state index in [4.69, 9.17) is 20.8 Å². The number of amides is 1. The second-order valence-corrected chi connectivity index (χ2v) is 6.48. The zero-order chi connectivity index (χ0) is 20.2. The van der Waals surface area contributed by atoms with Crippen molar-refractivity contribution in [3.05, 3.63) is 89.1 Å². The fourth-order valence-corrected chi connectivity index (χ4v) is 2.98. The van der Waals surface area contributed by atoms with Gasteiger partial charge in [0.05, 0.1) is 17.8 Å². The average Bonchev–Trinajstić information content (AvgIpc) is 2.75. The predicted molar refractivity (Wildman–Crippen MR) is 112 cm³/mol. The quantitative estimate of drug-likeness (QED) is 0.519. The smallest absolute Gasteiger partial charge is 0.262 e. The zero-order valence-electron chi connectivity index (χ0n) is 15.4. The van der Waals surface area contributed by atoms with E-state index < -0.39 is 5.91 Å². The van der Waals surface area contributed by atoms with Crippen LogP contribution in [0.2, 0.25) is 5.02 Å². The molecule has 0 aliphatic carbocycles. The highest BCUT2D eigenvalue weighted by Gasteiger charge is 2.15. The summed E-state index contributed by atoms with van der Waals surface area (Å²) in [6.45, 7) is 0. The highest BCUT2D eigenvalue weighted by molar-refractivity contribution is 6.32. The molecule has 4 rings (SSSR count). The van der Waals surface area contributed by atoms with E-state index in [2.05, 4.69) is 15.3 Å². The largest absolute Gasteiger partial charge is 0.493 e. The SMILES string of the molecule is COc1cccc2cc(C(=O)Nc3ccccn3)c(=Nc3ccccc3Cl)oc12. The number of nitrogens with zero attached hydrogens (tertiary/aromatic N) is 2. The van der Waals surface area contributed by atoms with Crippen LogP contribution in [0.5, 0.6) is 5.75 Å². The number of carbonyl (C=O) groups excluding carboxylic acids is 1. The van der Waals surface area contributed by atoms with Gasteiger partial charge in [-0.1, -0.05) is 41.9 Å². The van der Waals surface area contributed by atoms with Crippen LogP contribution in [0.4, 0.5) is 11.5 Å². The minimum absolute atomic E-state index is 0.114. The molecule has 0 atom stereocenters. The highest BCUT2D eigenvalue weighted by atomic mass is 35.5. The summed E-state index contributed by atoms with van der Waals surface area (Å²) in [4.78, 5) is 21.6. The maximum absolute atomic E-state index is 13.0. The standard InChI is InChI=1S/C22H16ClN3O3/c1-28-18-10-6-7-14-13-15(21(27)26-19-11-4-5-12-24-19)22(29-20(14)18)25-17-9-3-2-8-16(17)23/h2-13H,1H3,(H,24,26,27). The number of halogens is 1. The Hall–Kier alpha value is -3.64. The van der Waals surface area contributed by atoms with Crippen LogP contribution in [-0.2, 0) is 0 Å². The lowest BCUT2D eigenvalue weighted by Crippen LogP contribution is -2.22. The maximum Gasteiger partial charge on any atom is 0.262 e. The lowest BCUT2D eigenvalue weighted by molar-refractivity contribution is 0.102. The second-order valence-electron chi connectivity index (χ2n) is 6.08. The molecule has 6 nitrogen and oxygen atoms in total. The number of benzene rings is 2. The van der Waals surface area contributed by atoms with Crippen molar-refractivity contribution in [3.63, 3.8) is 0 Å². The molecule has 0 saturated carbocycles. The molecule has 0 bridgehead atoms. The number of rotatable bonds is 4. The van der Waals surface area contributed by atoms with E-state index in [1.165, 1.54) is 0 Å². The van der Waals surface area contributed by atoms with Gasteiger partial charge in [-0.25, -0.2) is 9.98 Å². The highest BCUT2D eigenvalue weighted by Crippen LogP contribution is 2.26. The molecule has 29 heavy (non-hydrogen) atoms. The molecule has 1 amide bonds. The number of ether oxygens (including phenoxy) is 1. The number of fused-ring (bicyclic) bond motifs is 1. The number of pyridine rings is 1. The van der Waals surface area contributed by atoms with Crippen molar-refractivity contribution in [3.8, 4) is 5.75 Å². The lowest BCUT2D eigenvalue weighted by Gasteiger charge is -2.08. The van der Waals surface area contributed by atoms with E-state index in [9.17, 15) is 4.79 Å². The monoisotopic (exact) mass is 405 g/mol. The van der Waals surface area contributed by atoms with Gasteiger partial charge in [0.25, 0.3) is 5.91 Å². The molecular formula is C22H16ClN3O3. The minimum atomic E-state index is -0.400. The zero-order valence-corrected chi connectivity index (χ0v) is 16.2. The van der Waals surface area contributed by atoms with Crippen LogP contribution in [-0.4, -0.2) is 18.0 Å². The normalized spacial score (nSPS) is 11.4. The van der Waals surface area contributed by atoms with Crippen molar-refractivity contribution in [1.29, 1.82) is 0 Å². The Kier molecular flexibility index (Phi) is 5.27. The number of methoxy groups -OCH3 is 1. The first-order valence-corrected chi connectivity index (χ1v) is 9.16. The Balaban J connectivity index is 1.92. The number of carbonyl (C=O) groups is 1. The van der Waals surface area contributed by atoms with Crippen molar-refractivity contribution >= 4 is 40.0 Å². The van der Waals surface area contributed by atoms with Gasteiger partial charge in [-0.2, -0.15) is 0 Å². The number of hydrogen-bond acceptors (Lipinski definition) is 5. The van der Waals surface area contributed by atoms with E-state index in [1.54, 1.807) is 67.9 Å². The third-order valence-electron chi connectivity index (χ3n) is 4.18. The summed E-state index contributed by atoms with van der Waals surface area (Å²) in [6.07, 6.45) is 1.60. The summed E-state index contributed by atoms with van der Waals surface area (Å²) < 4.78 is 11.4. The van der Waals surface area contributed by atoms with Gasteiger partial charge < -0.3 is 14.5 Å². The first-order valence-electron chi connectivity index (χ1n) is 8.78. The molecule has 7 heteroatoms. The molecule has 1 N–H and O–H groups in total. The van der Waals surface area contributed by atoms with Crippen LogP contribution in [0.15, 0.2) is 82.3 Å². The Morgan fingerprint density at radius 2 is 1.93 bits per heavy atom. The van der Waals surface area contributed by atoms with Crippen LogP contribution in [0.25, 0.3) is 11.0 Å². The molecule has 0 radical (unpaired) electrons. The topological polar surface area (TPSA) is 76.7 Å². The first-order chi connectivity index (χ1) is 14.2. The fraction of sp³-hybridized carbons (Fsp3) is 0.0455. The maximum atomic E-state index is 13.0. The second kappa shape index (κ2) is 8.16. The molecule has 0 spiro atoms. The molecule has 4 aromatic rings. The van der Waals surface area contributed by atoms with Gasteiger partial charge in [0.1, 0.15) is 11.4 Å². The minimum Gasteiger partial charge on any atom is -0.493 e. The van der Waals surface area contributed by atoms with E-state index in [-0.39, 0.29) is 11.1 Å². The number of anilines is 1. The van der Waals surface area contributed by atoms with Crippen molar-refractivity contribution in [2.75, 3.05) is 12.4 Å². The molecule has 0 unspecified atom stereocenters. The Morgan fingerprint density at radius 1 is 1.10 bits per heavy atom. The molecule has 2 heterocycles. The molecule has 144 valence electrons. The Bertz CT molecular complexity index is 1250. The Morgan fingerprint density at radius 3 is 2.69 bits per heavy atom. The van der Waals surface area contributed by atoms with Gasteiger partial charge in [-0.05, 0) is 36.4 Å². The van der Waals surface area contributed by atoms with Gasteiger partial charge in [0, 0.05) is 11.6 Å². The molecule has 2 aromatic heterocycles. The third-order valence-corrected chi connectivity index (χ3v) is 4.50. The molecule has 2 aromatic carbocycles. The van der Waals surface area contributed by atoms with Crippen LogP contribution in [0.1, 0.15) is 10.4 Å². The van der Waals surface area contributed by atoms with Crippen molar-refractivity contribution in [1.82, 2.24) is 4.98 Å². The summed E-state index contributed by atoms with van der Waals surface area (Å²) in [6, 6.07) is 19.5. The third kappa shape index (κ3) is 3.97. The van der Waals surface area contributed by atoms with Crippen LogP contribution in [0.3, 0.4) is 0 Å². The van der Waals surface area contributed by atoms with Crippen LogP contribution in [0, 0.1) is 0 Å². The fourth-order valence-electron chi connectivity index (χ4n) is 2.80. The van der Waals surface area contributed by atoms with Crippen molar-refractivity contribution in [2.24, 2.45) is 4.99 Å².